The van der Waals surface area contributed by atoms with Gasteiger partial charge in [0.15, 0.2) is 11.5 Å². The third kappa shape index (κ3) is 6.78. The summed E-state index contributed by atoms with van der Waals surface area (Å²) in [6, 6.07) is 20.5. The number of ether oxygens (including phenoxy) is 2. The molecule has 0 aromatic heterocycles. The quantitative estimate of drug-likeness (QED) is 0.364. The zero-order valence-corrected chi connectivity index (χ0v) is 20.1. The number of halogens is 3. The molecule has 0 aliphatic carbocycles. The fourth-order valence-corrected chi connectivity index (χ4v) is 4.27. The van der Waals surface area contributed by atoms with Crippen LogP contribution in [0.1, 0.15) is 46.9 Å². The standard InChI is InChI=1S/C28H30F3NO3/c1-32-27(33)24(20-7-5-4-6-8-20)17-21(22-13-16-25(34-2)26(18-22)35-3)12-9-19-10-14-23(15-11-19)28(29,30)31/h4-8,10-11,13-16,18,21,24H,9,12,17H2,1-3H3,(H,32,33)/t21?,24-/m1/s1. The van der Waals surface area contributed by atoms with Gasteiger partial charge in [0.25, 0.3) is 0 Å². The summed E-state index contributed by atoms with van der Waals surface area (Å²) in [6.45, 7) is 0. The highest BCUT2D eigenvalue weighted by atomic mass is 19.4. The fourth-order valence-electron chi connectivity index (χ4n) is 4.27. The van der Waals surface area contributed by atoms with Crippen LogP contribution in [0.5, 0.6) is 11.5 Å². The van der Waals surface area contributed by atoms with Gasteiger partial charge in [0.05, 0.1) is 25.7 Å². The van der Waals surface area contributed by atoms with Gasteiger partial charge in [-0.2, -0.15) is 13.2 Å². The van der Waals surface area contributed by atoms with Gasteiger partial charge in [0, 0.05) is 7.05 Å². The molecule has 1 unspecified atom stereocenters. The van der Waals surface area contributed by atoms with Gasteiger partial charge in [-0.1, -0.05) is 48.5 Å². The maximum atomic E-state index is 12.9. The van der Waals surface area contributed by atoms with Crippen LogP contribution in [0.2, 0.25) is 0 Å². The number of likely N-dealkylation sites (N-methyl/N-ethyl adjacent to an activating group) is 1. The third-order valence-corrected chi connectivity index (χ3v) is 6.23. The monoisotopic (exact) mass is 485 g/mol. The Labute approximate surface area is 204 Å². The molecule has 0 saturated carbocycles. The van der Waals surface area contributed by atoms with Gasteiger partial charge >= 0.3 is 6.18 Å². The van der Waals surface area contributed by atoms with Gasteiger partial charge < -0.3 is 14.8 Å². The molecule has 1 amide bonds. The molecule has 0 heterocycles. The zero-order valence-electron chi connectivity index (χ0n) is 20.1. The molecule has 3 aromatic carbocycles. The van der Waals surface area contributed by atoms with Crippen LogP contribution in [0.15, 0.2) is 72.8 Å². The van der Waals surface area contributed by atoms with E-state index in [0.29, 0.717) is 30.8 Å². The minimum absolute atomic E-state index is 0.0559. The van der Waals surface area contributed by atoms with Crippen molar-refractivity contribution in [2.45, 2.75) is 37.3 Å². The first-order valence-corrected chi connectivity index (χ1v) is 11.4. The predicted molar refractivity (Wildman–Crippen MR) is 130 cm³/mol. The average molecular weight is 486 g/mol. The molecule has 0 bridgehead atoms. The fraction of sp³-hybridized carbons (Fsp3) is 0.321. The van der Waals surface area contributed by atoms with E-state index in [-0.39, 0.29) is 17.7 Å². The molecule has 0 aliphatic heterocycles. The number of alkyl halides is 3. The molecule has 0 spiro atoms. The second-order valence-electron chi connectivity index (χ2n) is 8.36. The highest BCUT2D eigenvalue weighted by molar-refractivity contribution is 5.83. The number of aryl methyl sites for hydroxylation is 1. The number of rotatable bonds is 10. The molecular formula is C28H30F3NO3. The molecule has 35 heavy (non-hydrogen) atoms. The average Bonchev–Trinajstić information content (AvgIpc) is 2.88. The van der Waals surface area contributed by atoms with Crippen LogP contribution < -0.4 is 14.8 Å². The second-order valence-corrected chi connectivity index (χ2v) is 8.36. The Hall–Kier alpha value is -3.48. The smallest absolute Gasteiger partial charge is 0.416 e. The maximum Gasteiger partial charge on any atom is 0.416 e. The van der Waals surface area contributed by atoms with E-state index in [1.54, 1.807) is 21.3 Å². The Morgan fingerprint density at radius 1 is 0.886 bits per heavy atom. The van der Waals surface area contributed by atoms with Crippen molar-refractivity contribution >= 4 is 5.91 Å². The Kier molecular flexibility index (Phi) is 8.79. The summed E-state index contributed by atoms with van der Waals surface area (Å²) < 4.78 is 49.7. The summed E-state index contributed by atoms with van der Waals surface area (Å²) in [4.78, 5) is 12.8. The van der Waals surface area contributed by atoms with Crippen LogP contribution in [-0.4, -0.2) is 27.2 Å². The summed E-state index contributed by atoms with van der Waals surface area (Å²) in [6.07, 6.45) is -2.63. The van der Waals surface area contributed by atoms with Crippen LogP contribution in [0.3, 0.4) is 0 Å². The Bertz CT molecular complexity index is 1100. The largest absolute Gasteiger partial charge is 0.493 e. The molecule has 1 N–H and O–H groups in total. The number of hydrogen-bond donors (Lipinski definition) is 1. The highest BCUT2D eigenvalue weighted by Gasteiger charge is 2.30. The van der Waals surface area contributed by atoms with Gasteiger partial charge in [0.1, 0.15) is 0 Å². The molecule has 2 atom stereocenters. The van der Waals surface area contributed by atoms with E-state index in [2.05, 4.69) is 5.32 Å². The first kappa shape index (κ1) is 26.1. The third-order valence-electron chi connectivity index (χ3n) is 6.23. The number of methoxy groups -OCH3 is 2. The molecule has 3 rings (SSSR count). The van der Waals surface area contributed by atoms with Crippen molar-refractivity contribution in [3.63, 3.8) is 0 Å². The van der Waals surface area contributed by atoms with Crippen LogP contribution in [0.4, 0.5) is 13.2 Å². The lowest BCUT2D eigenvalue weighted by molar-refractivity contribution is -0.137. The molecule has 0 fully saturated rings. The van der Waals surface area contributed by atoms with Gasteiger partial charge in [-0.3, -0.25) is 4.79 Å². The summed E-state index contributed by atoms with van der Waals surface area (Å²) in [7, 11) is 4.75. The molecule has 0 saturated heterocycles. The minimum atomic E-state index is -4.36. The second kappa shape index (κ2) is 11.8. The lowest BCUT2D eigenvalue weighted by atomic mass is 9.81. The zero-order chi connectivity index (χ0) is 25.4. The Morgan fingerprint density at radius 3 is 2.11 bits per heavy atom. The first-order chi connectivity index (χ1) is 16.8. The topological polar surface area (TPSA) is 47.6 Å². The SMILES string of the molecule is CNC(=O)[C@H](CC(CCc1ccc(C(F)(F)F)cc1)c1ccc(OC)c(OC)c1)c1ccccc1. The lowest BCUT2D eigenvalue weighted by Crippen LogP contribution is -2.27. The van der Waals surface area contributed by atoms with E-state index in [1.165, 1.54) is 12.1 Å². The van der Waals surface area contributed by atoms with Crippen molar-refractivity contribution in [2.24, 2.45) is 0 Å². The van der Waals surface area contributed by atoms with Crippen molar-refractivity contribution in [3.05, 3.63) is 95.1 Å². The van der Waals surface area contributed by atoms with E-state index in [1.807, 2.05) is 48.5 Å². The van der Waals surface area contributed by atoms with E-state index in [4.69, 9.17) is 9.47 Å². The van der Waals surface area contributed by atoms with Gasteiger partial charge in [-0.05, 0) is 66.1 Å². The molecule has 186 valence electrons. The number of amides is 1. The molecule has 4 nitrogen and oxygen atoms in total. The lowest BCUT2D eigenvalue weighted by Gasteiger charge is -2.24. The molecular weight excluding hydrogens is 455 g/mol. The minimum Gasteiger partial charge on any atom is -0.493 e. The number of carbonyl (C=O) groups is 1. The maximum absolute atomic E-state index is 12.9. The molecule has 7 heteroatoms. The summed E-state index contributed by atoms with van der Waals surface area (Å²) in [5.41, 5.74) is 2.02. The van der Waals surface area contributed by atoms with E-state index >= 15 is 0 Å². The van der Waals surface area contributed by atoms with Gasteiger partial charge in [-0.25, -0.2) is 0 Å². The number of benzene rings is 3. The first-order valence-electron chi connectivity index (χ1n) is 11.4. The molecule has 0 aliphatic rings. The normalized spacial score (nSPS) is 13.1. The summed E-state index contributed by atoms with van der Waals surface area (Å²) >= 11 is 0. The number of carbonyl (C=O) groups excluding carboxylic acids is 1. The van der Waals surface area contributed by atoms with E-state index in [9.17, 15) is 18.0 Å². The summed E-state index contributed by atoms with van der Waals surface area (Å²) in [5, 5.41) is 2.77. The summed E-state index contributed by atoms with van der Waals surface area (Å²) in [5.74, 6) is 0.659. The number of hydrogen-bond acceptors (Lipinski definition) is 3. The predicted octanol–water partition coefficient (Wildman–Crippen LogP) is 6.36. The van der Waals surface area contributed by atoms with Crippen LogP contribution >= 0.6 is 0 Å². The number of nitrogens with one attached hydrogen (secondary N) is 1. The Morgan fingerprint density at radius 2 is 1.54 bits per heavy atom. The Balaban J connectivity index is 1.91. The van der Waals surface area contributed by atoms with Crippen molar-refractivity contribution in [1.29, 1.82) is 0 Å². The highest BCUT2D eigenvalue weighted by Crippen LogP contribution is 2.38. The van der Waals surface area contributed by atoms with E-state index < -0.39 is 11.7 Å². The molecule has 0 radical (unpaired) electrons. The van der Waals surface area contributed by atoms with Gasteiger partial charge in [-0.15, -0.1) is 0 Å². The van der Waals surface area contributed by atoms with Crippen molar-refractivity contribution in [1.82, 2.24) is 5.32 Å². The van der Waals surface area contributed by atoms with Gasteiger partial charge in [0.2, 0.25) is 5.91 Å². The van der Waals surface area contributed by atoms with E-state index in [0.717, 1.165) is 28.8 Å². The molecule has 3 aromatic rings. The van der Waals surface area contributed by atoms with Crippen LogP contribution in [0.25, 0.3) is 0 Å². The van der Waals surface area contributed by atoms with Crippen LogP contribution in [0, 0.1) is 0 Å². The van der Waals surface area contributed by atoms with Crippen LogP contribution in [-0.2, 0) is 17.4 Å². The van der Waals surface area contributed by atoms with Crippen molar-refractivity contribution in [3.8, 4) is 11.5 Å². The van der Waals surface area contributed by atoms with Crippen molar-refractivity contribution in [2.75, 3.05) is 21.3 Å². The van der Waals surface area contributed by atoms with Crippen molar-refractivity contribution < 1.29 is 27.4 Å².